The second-order valence-corrected chi connectivity index (χ2v) is 5.62. The SMILES string of the molecule is COc1ccc(N(C)CC(C)(C)CO)c(OC)c1C. The highest BCUT2D eigenvalue weighted by molar-refractivity contribution is 5.65. The van der Waals surface area contributed by atoms with Crippen LogP contribution in [0.15, 0.2) is 12.1 Å². The smallest absolute Gasteiger partial charge is 0.148 e. The fraction of sp³-hybridized carbons (Fsp3) is 0.600. The van der Waals surface area contributed by atoms with Gasteiger partial charge in [0.2, 0.25) is 0 Å². The van der Waals surface area contributed by atoms with Crippen molar-refractivity contribution < 1.29 is 14.6 Å². The van der Waals surface area contributed by atoms with Crippen LogP contribution in [0.1, 0.15) is 19.4 Å². The minimum atomic E-state index is -0.159. The van der Waals surface area contributed by atoms with Crippen molar-refractivity contribution in [3.05, 3.63) is 17.7 Å². The lowest BCUT2D eigenvalue weighted by molar-refractivity contribution is 0.165. The van der Waals surface area contributed by atoms with Crippen LogP contribution >= 0.6 is 0 Å². The Hall–Kier alpha value is -1.42. The number of ether oxygens (including phenoxy) is 2. The predicted molar refractivity (Wildman–Crippen MR) is 78.4 cm³/mol. The van der Waals surface area contributed by atoms with E-state index in [-0.39, 0.29) is 12.0 Å². The first-order chi connectivity index (χ1) is 8.86. The third-order valence-corrected chi connectivity index (χ3v) is 3.26. The van der Waals surface area contributed by atoms with E-state index in [4.69, 9.17) is 9.47 Å². The Labute approximate surface area is 115 Å². The van der Waals surface area contributed by atoms with E-state index in [1.807, 2.05) is 40.0 Å². The highest BCUT2D eigenvalue weighted by Crippen LogP contribution is 2.37. The van der Waals surface area contributed by atoms with E-state index in [1.165, 1.54) is 0 Å². The number of benzene rings is 1. The van der Waals surface area contributed by atoms with Crippen molar-refractivity contribution in [1.29, 1.82) is 0 Å². The molecule has 0 aliphatic rings. The van der Waals surface area contributed by atoms with Gasteiger partial charge >= 0.3 is 0 Å². The summed E-state index contributed by atoms with van der Waals surface area (Å²) >= 11 is 0. The van der Waals surface area contributed by atoms with E-state index in [0.29, 0.717) is 0 Å². The molecule has 1 N–H and O–H groups in total. The number of methoxy groups -OCH3 is 2. The first-order valence-corrected chi connectivity index (χ1v) is 6.40. The molecule has 0 saturated heterocycles. The van der Waals surface area contributed by atoms with Gasteiger partial charge in [0.15, 0.2) is 0 Å². The van der Waals surface area contributed by atoms with Crippen molar-refractivity contribution in [2.75, 3.05) is 39.3 Å². The Morgan fingerprint density at radius 3 is 2.32 bits per heavy atom. The zero-order chi connectivity index (χ0) is 14.6. The third kappa shape index (κ3) is 3.53. The van der Waals surface area contributed by atoms with E-state index in [9.17, 15) is 5.11 Å². The van der Waals surface area contributed by atoms with Crippen LogP contribution in [-0.2, 0) is 0 Å². The highest BCUT2D eigenvalue weighted by atomic mass is 16.5. The average molecular weight is 267 g/mol. The quantitative estimate of drug-likeness (QED) is 0.859. The van der Waals surface area contributed by atoms with Crippen LogP contribution in [0, 0.1) is 12.3 Å². The van der Waals surface area contributed by atoms with Gasteiger partial charge in [-0.3, -0.25) is 0 Å². The zero-order valence-electron chi connectivity index (χ0n) is 12.8. The third-order valence-electron chi connectivity index (χ3n) is 3.26. The normalized spacial score (nSPS) is 11.3. The molecule has 0 heterocycles. The molecule has 0 atom stereocenters. The van der Waals surface area contributed by atoms with E-state index in [1.54, 1.807) is 14.2 Å². The standard InChI is InChI=1S/C15H25NO3/c1-11-13(18-5)8-7-12(14(11)19-6)16(4)9-15(2,3)10-17/h7-8,17H,9-10H2,1-6H3. The van der Waals surface area contributed by atoms with Gasteiger partial charge in [-0.1, -0.05) is 13.8 Å². The molecule has 0 amide bonds. The van der Waals surface area contributed by atoms with Crippen LogP contribution in [-0.4, -0.2) is 39.5 Å². The van der Waals surface area contributed by atoms with Gasteiger partial charge in [-0.2, -0.15) is 0 Å². The summed E-state index contributed by atoms with van der Waals surface area (Å²) in [6.45, 7) is 6.94. The van der Waals surface area contributed by atoms with Crippen molar-refractivity contribution in [3.63, 3.8) is 0 Å². The summed E-state index contributed by atoms with van der Waals surface area (Å²) in [5.41, 5.74) is 1.83. The summed E-state index contributed by atoms with van der Waals surface area (Å²) in [5.74, 6) is 1.63. The summed E-state index contributed by atoms with van der Waals surface area (Å²) in [5, 5.41) is 9.38. The lowest BCUT2D eigenvalue weighted by Gasteiger charge is -2.31. The Morgan fingerprint density at radius 2 is 1.84 bits per heavy atom. The molecular formula is C15H25NO3. The fourth-order valence-corrected chi connectivity index (χ4v) is 2.22. The summed E-state index contributed by atoms with van der Waals surface area (Å²) in [4.78, 5) is 2.10. The zero-order valence-corrected chi connectivity index (χ0v) is 12.8. The van der Waals surface area contributed by atoms with Gasteiger partial charge in [-0.15, -0.1) is 0 Å². The summed E-state index contributed by atoms with van der Waals surface area (Å²) in [6, 6.07) is 3.92. The molecule has 0 spiro atoms. The summed E-state index contributed by atoms with van der Waals surface area (Å²) < 4.78 is 10.8. The van der Waals surface area contributed by atoms with Gasteiger partial charge in [0.25, 0.3) is 0 Å². The van der Waals surface area contributed by atoms with E-state index >= 15 is 0 Å². The molecule has 19 heavy (non-hydrogen) atoms. The van der Waals surface area contributed by atoms with Crippen molar-refractivity contribution >= 4 is 5.69 Å². The van der Waals surface area contributed by atoms with E-state index in [2.05, 4.69) is 4.90 Å². The number of nitrogens with zero attached hydrogens (tertiary/aromatic N) is 1. The van der Waals surface area contributed by atoms with Crippen LogP contribution < -0.4 is 14.4 Å². The van der Waals surface area contributed by atoms with E-state index < -0.39 is 0 Å². The van der Waals surface area contributed by atoms with Crippen LogP contribution in [0.4, 0.5) is 5.69 Å². The second kappa shape index (κ2) is 6.15. The number of aliphatic hydroxyl groups is 1. The molecule has 0 aromatic heterocycles. The molecule has 108 valence electrons. The van der Waals surface area contributed by atoms with Crippen molar-refractivity contribution in [2.24, 2.45) is 5.41 Å². The molecule has 4 nitrogen and oxygen atoms in total. The Balaban J connectivity index is 3.10. The second-order valence-electron chi connectivity index (χ2n) is 5.62. The lowest BCUT2D eigenvalue weighted by Crippen LogP contribution is -2.34. The largest absolute Gasteiger partial charge is 0.496 e. The molecule has 0 unspecified atom stereocenters. The van der Waals surface area contributed by atoms with Gasteiger partial charge in [-0.25, -0.2) is 0 Å². The Morgan fingerprint density at radius 1 is 1.21 bits per heavy atom. The number of aliphatic hydroxyl groups excluding tert-OH is 1. The molecule has 1 aromatic rings. The first-order valence-electron chi connectivity index (χ1n) is 6.40. The topological polar surface area (TPSA) is 41.9 Å². The molecule has 0 radical (unpaired) electrons. The maximum atomic E-state index is 9.38. The number of anilines is 1. The number of rotatable bonds is 6. The van der Waals surface area contributed by atoms with Crippen LogP contribution in [0.5, 0.6) is 11.5 Å². The van der Waals surface area contributed by atoms with Gasteiger partial charge in [0.1, 0.15) is 11.5 Å². The lowest BCUT2D eigenvalue weighted by atomic mass is 9.94. The maximum absolute atomic E-state index is 9.38. The monoisotopic (exact) mass is 267 g/mol. The maximum Gasteiger partial charge on any atom is 0.148 e. The minimum absolute atomic E-state index is 0.148. The molecule has 0 bridgehead atoms. The molecule has 4 heteroatoms. The molecule has 0 saturated carbocycles. The van der Waals surface area contributed by atoms with Crippen molar-refractivity contribution in [3.8, 4) is 11.5 Å². The number of hydrogen-bond acceptors (Lipinski definition) is 4. The Bertz CT molecular complexity index is 430. The van der Waals surface area contributed by atoms with Gasteiger partial charge < -0.3 is 19.5 Å². The van der Waals surface area contributed by atoms with E-state index in [0.717, 1.165) is 29.3 Å². The van der Waals surface area contributed by atoms with Crippen LogP contribution in [0.2, 0.25) is 0 Å². The predicted octanol–water partition coefficient (Wildman–Crippen LogP) is 2.47. The Kier molecular flexibility index (Phi) is 5.06. The average Bonchev–Trinajstić information content (AvgIpc) is 2.37. The van der Waals surface area contributed by atoms with Crippen LogP contribution in [0.3, 0.4) is 0 Å². The summed E-state index contributed by atoms with van der Waals surface area (Å²) in [6.07, 6.45) is 0. The molecule has 0 aliphatic heterocycles. The molecule has 1 rings (SSSR count). The molecule has 0 fully saturated rings. The van der Waals surface area contributed by atoms with Gasteiger partial charge in [-0.05, 0) is 19.1 Å². The molecule has 1 aromatic carbocycles. The van der Waals surface area contributed by atoms with Crippen molar-refractivity contribution in [1.82, 2.24) is 0 Å². The number of hydrogen-bond donors (Lipinski definition) is 1. The van der Waals surface area contributed by atoms with Gasteiger partial charge in [0, 0.05) is 31.2 Å². The summed E-state index contributed by atoms with van der Waals surface area (Å²) in [7, 11) is 5.32. The van der Waals surface area contributed by atoms with Crippen molar-refractivity contribution in [2.45, 2.75) is 20.8 Å². The van der Waals surface area contributed by atoms with Crippen LogP contribution in [0.25, 0.3) is 0 Å². The minimum Gasteiger partial charge on any atom is -0.496 e. The van der Waals surface area contributed by atoms with Gasteiger partial charge in [0.05, 0.1) is 19.9 Å². The molecular weight excluding hydrogens is 242 g/mol. The highest BCUT2D eigenvalue weighted by Gasteiger charge is 2.22. The molecule has 0 aliphatic carbocycles. The fourth-order valence-electron chi connectivity index (χ4n) is 2.22. The first kappa shape index (κ1) is 15.6.